The van der Waals surface area contributed by atoms with Crippen molar-refractivity contribution >= 4 is 28.5 Å². The molecule has 0 heterocycles. The quantitative estimate of drug-likeness (QED) is 0.660. The molecule has 0 aliphatic carbocycles. The Morgan fingerprint density at radius 2 is 2.12 bits per heavy atom. The van der Waals surface area contributed by atoms with Gasteiger partial charge in [-0.25, -0.2) is 0 Å². The van der Waals surface area contributed by atoms with Crippen LogP contribution in [-0.4, -0.2) is 31.1 Å². The first kappa shape index (κ1) is 13.1. The van der Waals surface area contributed by atoms with Crippen molar-refractivity contribution < 1.29 is 14.3 Å². The number of amides is 1. The maximum atomic E-state index is 11.8. The molecule has 0 saturated carbocycles. The standard InChI is InChI=1S/C11H14INO3/c1-15-8-3-4-10(16-2)9(7-8)11(14)13-6-5-12/h3-4,7H,5-6H2,1-2H3,(H,13,14). The average molecular weight is 335 g/mol. The molecule has 0 aliphatic heterocycles. The smallest absolute Gasteiger partial charge is 0.255 e. The number of rotatable bonds is 5. The van der Waals surface area contributed by atoms with E-state index in [-0.39, 0.29) is 5.91 Å². The molecule has 0 saturated heterocycles. The molecule has 1 aromatic rings. The van der Waals surface area contributed by atoms with E-state index < -0.39 is 0 Å². The van der Waals surface area contributed by atoms with Gasteiger partial charge in [-0.05, 0) is 18.2 Å². The third kappa shape index (κ3) is 3.26. The molecule has 5 heteroatoms. The third-order valence-corrected chi connectivity index (χ3v) is 2.57. The van der Waals surface area contributed by atoms with E-state index >= 15 is 0 Å². The first-order valence-electron chi connectivity index (χ1n) is 4.79. The molecular weight excluding hydrogens is 321 g/mol. The molecule has 0 radical (unpaired) electrons. The molecular formula is C11H14INO3. The molecule has 0 aromatic heterocycles. The van der Waals surface area contributed by atoms with Gasteiger partial charge in [0.2, 0.25) is 0 Å². The van der Waals surface area contributed by atoms with Crippen molar-refractivity contribution in [3.05, 3.63) is 23.8 Å². The van der Waals surface area contributed by atoms with E-state index in [9.17, 15) is 4.79 Å². The van der Waals surface area contributed by atoms with Crippen LogP contribution in [0.15, 0.2) is 18.2 Å². The van der Waals surface area contributed by atoms with E-state index in [4.69, 9.17) is 9.47 Å². The highest BCUT2D eigenvalue weighted by atomic mass is 127. The predicted octanol–water partition coefficient (Wildman–Crippen LogP) is 1.87. The Balaban J connectivity index is 2.94. The summed E-state index contributed by atoms with van der Waals surface area (Å²) in [7, 11) is 3.10. The maximum Gasteiger partial charge on any atom is 0.255 e. The molecule has 16 heavy (non-hydrogen) atoms. The molecule has 0 bridgehead atoms. The van der Waals surface area contributed by atoms with E-state index in [2.05, 4.69) is 27.9 Å². The van der Waals surface area contributed by atoms with Gasteiger partial charge in [0.1, 0.15) is 11.5 Å². The second-order valence-corrected chi connectivity index (χ2v) is 4.09. The summed E-state index contributed by atoms with van der Waals surface area (Å²) < 4.78 is 11.1. The number of halogens is 1. The van der Waals surface area contributed by atoms with Gasteiger partial charge in [-0.15, -0.1) is 0 Å². The first-order chi connectivity index (χ1) is 7.72. The van der Waals surface area contributed by atoms with Crippen molar-refractivity contribution in [3.63, 3.8) is 0 Å². The van der Waals surface area contributed by atoms with Gasteiger partial charge in [0.15, 0.2) is 0 Å². The third-order valence-electron chi connectivity index (χ3n) is 2.03. The Bertz CT molecular complexity index is 368. The summed E-state index contributed by atoms with van der Waals surface area (Å²) in [5.74, 6) is 1.04. The number of carbonyl (C=O) groups is 1. The van der Waals surface area contributed by atoms with Crippen LogP contribution in [0, 0.1) is 0 Å². The highest BCUT2D eigenvalue weighted by molar-refractivity contribution is 14.1. The van der Waals surface area contributed by atoms with Crippen molar-refractivity contribution in [2.45, 2.75) is 0 Å². The molecule has 1 rings (SSSR count). The van der Waals surface area contributed by atoms with Crippen LogP contribution in [0.1, 0.15) is 10.4 Å². The van der Waals surface area contributed by atoms with Crippen LogP contribution < -0.4 is 14.8 Å². The number of ether oxygens (including phenoxy) is 2. The van der Waals surface area contributed by atoms with Crippen LogP contribution in [0.4, 0.5) is 0 Å². The van der Waals surface area contributed by atoms with Crippen molar-refractivity contribution in [3.8, 4) is 11.5 Å². The van der Waals surface area contributed by atoms with Crippen molar-refractivity contribution in [1.29, 1.82) is 0 Å². The number of benzene rings is 1. The zero-order valence-corrected chi connectivity index (χ0v) is 11.4. The van der Waals surface area contributed by atoms with Gasteiger partial charge in [0.05, 0.1) is 19.8 Å². The minimum atomic E-state index is -0.146. The number of hydrogen-bond donors (Lipinski definition) is 1. The second-order valence-electron chi connectivity index (χ2n) is 3.01. The van der Waals surface area contributed by atoms with E-state index in [1.165, 1.54) is 7.11 Å². The largest absolute Gasteiger partial charge is 0.497 e. The second kappa shape index (κ2) is 6.57. The number of carbonyl (C=O) groups excluding carboxylic acids is 1. The fourth-order valence-corrected chi connectivity index (χ4v) is 1.52. The molecule has 0 fully saturated rings. The predicted molar refractivity (Wildman–Crippen MR) is 70.8 cm³/mol. The van der Waals surface area contributed by atoms with Crippen LogP contribution in [0.2, 0.25) is 0 Å². The molecule has 1 aromatic carbocycles. The Hall–Kier alpha value is -0.980. The monoisotopic (exact) mass is 335 g/mol. The highest BCUT2D eigenvalue weighted by Crippen LogP contribution is 2.23. The summed E-state index contributed by atoms with van der Waals surface area (Å²) in [5, 5.41) is 2.79. The Kier molecular flexibility index (Phi) is 5.37. The van der Waals surface area contributed by atoms with E-state index in [0.29, 0.717) is 23.6 Å². The van der Waals surface area contributed by atoms with Crippen molar-refractivity contribution in [1.82, 2.24) is 5.32 Å². The summed E-state index contributed by atoms with van der Waals surface area (Å²) >= 11 is 2.20. The summed E-state index contributed by atoms with van der Waals surface area (Å²) in [6, 6.07) is 5.15. The topological polar surface area (TPSA) is 47.6 Å². The van der Waals surface area contributed by atoms with Gasteiger partial charge in [0.25, 0.3) is 5.91 Å². The highest BCUT2D eigenvalue weighted by Gasteiger charge is 2.12. The Labute approximate surface area is 108 Å². The first-order valence-corrected chi connectivity index (χ1v) is 6.31. The van der Waals surface area contributed by atoms with Gasteiger partial charge in [-0.1, -0.05) is 22.6 Å². The van der Waals surface area contributed by atoms with E-state index in [1.807, 2.05) is 0 Å². The van der Waals surface area contributed by atoms with Crippen LogP contribution in [0.3, 0.4) is 0 Å². The molecule has 0 atom stereocenters. The lowest BCUT2D eigenvalue weighted by Gasteiger charge is -2.10. The van der Waals surface area contributed by atoms with Gasteiger partial charge in [-0.3, -0.25) is 4.79 Å². The van der Waals surface area contributed by atoms with Gasteiger partial charge in [-0.2, -0.15) is 0 Å². The summed E-state index contributed by atoms with van der Waals surface area (Å²) in [6.07, 6.45) is 0. The van der Waals surface area contributed by atoms with Crippen LogP contribution in [0.5, 0.6) is 11.5 Å². The number of alkyl halides is 1. The average Bonchev–Trinajstić information content (AvgIpc) is 2.35. The fraction of sp³-hybridized carbons (Fsp3) is 0.364. The van der Waals surface area contributed by atoms with E-state index in [1.54, 1.807) is 25.3 Å². The van der Waals surface area contributed by atoms with Crippen LogP contribution >= 0.6 is 22.6 Å². The lowest BCUT2D eigenvalue weighted by Crippen LogP contribution is -2.25. The molecule has 1 N–H and O–H groups in total. The summed E-state index contributed by atoms with van der Waals surface area (Å²) in [6.45, 7) is 0.639. The molecule has 4 nitrogen and oxygen atoms in total. The van der Waals surface area contributed by atoms with Crippen molar-refractivity contribution in [2.24, 2.45) is 0 Å². The number of methoxy groups -OCH3 is 2. The minimum absolute atomic E-state index is 0.146. The zero-order chi connectivity index (χ0) is 12.0. The molecule has 0 aliphatic rings. The van der Waals surface area contributed by atoms with Gasteiger partial charge >= 0.3 is 0 Å². The van der Waals surface area contributed by atoms with Gasteiger partial charge in [0, 0.05) is 11.0 Å². The normalized spacial score (nSPS) is 9.69. The molecule has 0 unspecified atom stereocenters. The zero-order valence-electron chi connectivity index (χ0n) is 9.25. The summed E-state index contributed by atoms with van der Waals surface area (Å²) in [5.41, 5.74) is 0.492. The Morgan fingerprint density at radius 3 is 2.69 bits per heavy atom. The minimum Gasteiger partial charge on any atom is -0.497 e. The van der Waals surface area contributed by atoms with Crippen LogP contribution in [0.25, 0.3) is 0 Å². The maximum absolute atomic E-state index is 11.8. The molecule has 1 amide bonds. The van der Waals surface area contributed by atoms with Crippen molar-refractivity contribution in [2.75, 3.05) is 25.2 Å². The lowest BCUT2D eigenvalue weighted by molar-refractivity contribution is 0.0953. The molecule has 0 spiro atoms. The lowest BCUT2D eigenvalue weighted by atomic mass is 10.1. The SMILES string of the molecule is COc1ccc(OC)c(C(=O)NCCI)c1. The van der Waals surface area contributed by atoms with Crippen LogP contribution in [-0.2, 0) is 0 Å². The molecule has 88 valence electrons. The Morgan fingerprint density at radius 1 is 1.38 bits per heavy atom. The number of nitrogens with one attached hydrogen (secondary N) is 1. The number of hydrogen-bond acceptors (Lipinski definition) is 3. The fourth-order valence-electron chi connectivity index (χ4n) is 1.25. The van der Waals surface area contributed by atoms with E-state index in [0.717, 1.165) is 4.43 Å². The van der Waals surface area contributed by atoms with Gasteiger partial charge < -0.3 is 14.8 Å². The summed E-state index contributed by atoms with van der Waals surface area (Å²) in [4.78, 5) is 11.8.